The van der Waals surface area contributed by atoms with Gasteiger partial charge >= 0.3 is 0 Å². The van der Waals surface area contributed by atoms with Crippen LogP contribution >= 0.6 is 0 Å². The Bertz CT molecular complexity index is 204. The van der Waals surface area contributed by atoms with Gasteiger partial charge in [-0.1, -0.05) is 12.8 Å². The molecule has 2 aliphatic rings. The van der Waals surface area contributed by atoms with Crippen molar-refractivity contribution >= 4 is 0 Å². The lowest BCUT2D eigenvalue weighted by Crippen LogP contribution is -2.47. The van der Waals surface area contributed by atoms with Gasteiger partial charge in [-0.05, 0) is 45.1 Å². The van der Waals surface area contributed by atoms with E-state index >= 15 is 0 Å². The third kappa shape index (κ3) is 3.94. The Morgan fingerprint density at radius 3 is 2.82 bits per heavy atom. The Labute approximate surface area is 106 Å². The number of hydrogen-bond acceptors (Lipinski definition) is 3. The molecule has 2 rings (SSSR count). The van der Waals surface area contributed by atoms with Crippen LogP contribution in [0.1, 0.15) is 45.4 Å². The molecule has 0 aromatic rings. The van der Waals surface area contributed by atoms with Crippen molar-refractivity contribution in [2.75, 3.05) is 26.3 Å². The lowest BCUT2D eigenvalue weighted by molar-refractivity contribution is 0.136. The molecule has 1 aliphatic heterocycles. The first kappa shape index (κ1) is 13.3. The van der Waals surface area contributed by atoms with Crippen LogP contribution in [0.15, 0.2) is 0 Å². The van der Waals surface area contributed by atoms with Crippen LogP contribution in [0, 0.1) is 5.92 Å². The van der Waals surface area contributed by atoms with E-state index in [-0.39, 0.29) is 0 Å². The molecule has 1 aliphatic carbocycles. The Morgan fingerprint density at radius 1 is 1.18 bits per heavy atom. The molecular formula is C14H28N2O. The fourth-order valence-electron chi connectivity index (χ4n) is 3.43. The van der Waals surface area contributed by atoms with Crippen LogP contribution in [0.4, 0.5) is 0 Å². The summed E-state index contributed by atoms with van der Waals surface area (Å²) in [6.07, 6.45) is 8.34. The summed E-state index contributed by atoms with van der Waals surface area (Å²) in [7, 11) is 0. The van der Waals surface area contributed by atoms with Gasteiger partial charge in [-0.25, -0.2) is 0 Å². The van der Waals surface area contributed by atoms with Gasteiger partial charge in [0.1, 0.15) is 0 Å². The molecule has 17 heavy (non-hydrogen) atoms. The van der Waals surface area contributed by atoms with E-state index in [0.717, 1.165) is 37.8 Å². The number of nitrogens with one attached hydrogen (secondary N) is 2. The number of rotatable bonds is 6. The second-order valence-corrected chi connectivity index (χ2v) is 5.41. The maximum atomic E-state index is 5.41. The third-order valence-electron chi connectivity index (χ3n) is 4.29. The first-order valence-corrected chi connectivity index (χ1v) is 7.46. The van der Waals surface area contributed by atoms with Gasteiger partial charge in [0.2, 0.25) is 0 Å². The normalized spacial score (nSPS) is 34.1. The highest BCUT2D eigenvalue weighted by Gasteiger charge is 2.32. The van der Waals surface area contributed by atoms with E-state index in [9.17, 15) is 0 Å². The Kier molecular flexibility index (Phi) is 5.75. The lowest BCUT2D eigenvalue weighted by Gasteiger charge is -2.36. The molecule has 1 saturated heterocycles. The first-order valence-electron chi connectivity index (χ1n) is 7.46. The van der Waals surface area contributed by atoms with Gasteiger partial charge in [0.05, 0.1) is 6.61 Å². The molecule has 2 fully saturated rings. The highest BCUT2D eigenvalue weighted by molar-refractivity contribution is 4.91. The smallest absolute Gasteiger partial charge is 0.0590 e. The molecule has 0 aromatic heterocycles. The molecular weight excluding hydrogens is 212 g/mol. The summed E-state index contributed by atoms with van der Waals surface area (Å²) in [5.41, 5.74) is 0. The summed E-state index contributed by atoms with van der Waals surface area (Å²) in [6, 6.07) is 1.50. The minimum absolute atomic E-state index is 0.722. The fourth-order valence-corrected chi connectivity index (χ4v) is 3.43. The topological polar surface area (TPSA) is 33.3 Å². The van der Waals surface area contributed by atoms with Crippen LogP contribution in [0.3, 0.4) is 0 Å². The van der Waals surface area contributed by atoms with E-state index in [2.05, 4.69) is 17.6 Å². The first-order chi connectivity index (χ1) is 8.42. The van der Waals surface area contributed by atoms with E-state index in [0.29, 0.717) is 0 Å². The van der Waals surface area contributed by atoms with Gasteiger partial charge in [-0.2, -0.15) is 0 Å². The van der Waals surface area contributed by atoms with Crippen LogP contribution in [-0.4, -0.2) is 38.4 Å². The molecule has 3 nitrogen and oxygen atoms in total. The van der Waals surface area contributed by atoms with Gasteiger partial charge < -0.3 is 15.4 Å². The predicted molar refractivity (Wildman–Crippen MR) is 71.3 cm³/mol. The zero-order valence-electron chi connectivity index (χ0n) is 11.2. The molecule has 3 heteroatoms. The largest absolute Gasteiger partial charge is 0.380 e. The van der Waals surface area contributed by atoms with Crippen LogP contribution in [-0.2, 0) is 4.74 Å². The summed E-state index contributed by atoms with van der Waals surface area (Å²) in [4.78, 5) is 0. The van der Waals surface area contributed by atoms with Gasteiger partial charge in [-0.3, -0.25) is 0 Å². The summed E-state index contributed by atoms with van der Waals surface area (Å²) < 4.78 is 5.41. The SMILES string of the molecule is CCOCCNC1CCCCC1C1CCCN1. The van der Waals surface area contributed by atoms with E-state index < -0.39 is 0 Å². The molecule has 0 radical (unpaired) electrons. The molecule has 1 saturated carbocycles. The third-order valence-corrected chi connectivity index (χ3v) is 4.29. The van der Waals surface area contributed by atoms with Crippen molar-refractivity contribution in [3.05, 3.63) is 0 Å². The second-order valence-electron chi connectivity index (χ2n) is 5.41. The summed E-state index contributed by atoms with van der Waals surface area (Å²) in [5.74, 6) is 0.855. The van der Waals surface area contributed by atoms with Crippen molar-refractivity contribution in [2.24, 2.45) is 5.92 Å². The zero-order chi connectivity index (χ0) is 11.9. The maximum Gasteiger partial charge on any atom is 0.0590 e. The van der Waals surface area contributed by atoms with Crippen LogP contribution < -0.4 is 10.6 Å². The number of ether oxygens (including phenoxy) is 1. The van der Waals surface area contributed by atoms with Crippen LogP contribution in [0.2, 0.25) is 0 Å². The summed E-state index contributed by atoms with van der Waals surface area (Å²) in [5, 5.41) is 7.40. The van der Waals surface area contributed by atoms with Crippen molar-refractivity contribution in [3.63, 3.8) is 0 Å². The summed E-state index contributed by atoms with van der Waals surface area (Å²) >= 11 is 0. The van der Waals surface area contributed by atoms with E-state index in [1.165, 1.54) is 45.1 Å². The highest BCUT2D eigenvalue weighted by atomic mass is 16.5. The lowest BCUT2D eigenvalue weighted by atomic mass is 9.79. The molecule has 0 bridgehead atoms. The minimum atomic E-state index is 0.722. The van der Waals surface area contributed by atoms with Crippen molar-refractivity contribution < 1.29 is 4.74 Å². The van der Waals surface area contributed by atoms with Gasteiger partial charge in [0.15, 0.2) is 0 Å². The Hall–Kier alpha value is -0.120. The van der Waals surface area contributed by atoms with Crippen molar-refractivity contribution in [3.8, 4) is 0 Å². The van der Waals surface area contributed by atoms with Crippen molar-refractivity contribution in [2.45, 2.75) is 57.5 Å². The van der Waals surface area contributed by atoms with Gasteiger partial charge in [-0.15, -0.1) is 0 Å². The highest BCUT2D eigenvalue weighted by Crippen LogP contribution is 2.30. The predicted octanol–water partition coefficient (Wildman–Crippen LogP) is 1.92. The van der Waals surface area contributed by atoms with E-state index in [1.807, 2.05) is 0 Å². The van der Waals surface area contributed by atoms with Crippen LogP contribution in [0.25, 0.3) is 0 Å². The van der Waals surface area contributed by atoms with Crippen LogP contribution in [0.5, 0.6) is 0 Å². The molecule has 100 valence electrons. The van der Waals surface area contributed by atoms with Gasteiger partial charge in [0, 0.05) is 25.2 Å². The molecule has 0 spiro atoms. The Morgan fingerprint density at radius 2 is 2.06 bits per heavy atom. The van der Waals surface area contributed by atoms with Crippen molar-refractivity contribution in [1.29, 1.82) is 0 Å². The molecule has 2 N–H and O–H groups in total. The minimum Gasteiger partial charge on any atom is -0.380 e. The maximum absolute atomic E-state index is 5.41. The quantitative estimate of drug-likeness (QED) is 0.696. The number of hydrogen-bond donors (Lipinski definition) is 2. The standard InChI is InChI=1S/C14H28N2O/c1-2-17-11-10-16-13-7-4-3-6-12(13)14-8-5-9-15-14/h12-16H,2-11H2,1H3. The van der Waals surface area contributed by atoms with Crippen molar-refractivity contribution in [1.82, 2.24) is 10.6 Å². The Balaban J connectivity index is 1.75. The second kappa shape index (κ2) is 7.34. The molecule has 1 heterocycles. The molecule has 3 unspecified atom stereocenters. The average Bonchev–Trinajstić information content (AvgIpc) is 2.89. The van der Waals surface area contributed by atoms with Gasteiger partial charge in [0.25, 0.3) is 0 Å². The monoisotopic (exact) mass is 240 g/mol. The fraction of sp³-hybridized carbons (Fsp3) is 1.00. The average molecular weight is 240 g/mol. The molecule has 0 aromatic carbocycles. The van der Waals surface area contributed by atoms with E-state index in [1.54, 1.807) is 0 Å². The van der Waals surface area contributed by atoms with E-state index in [4.69, 9.17) is 4.74 Å². The molecule has 3 atom stereocenters. The molecule has 0 amide bonds. The zero-order valence-corrected chi connectivity index (χ0v) is 11.2. The summed E-state index contributed by atoms with van der Waals surface area (Å²) in [6.45, 7) is 6.00.